The number of primary amides is 1. The molecule has 0 aliphatic carbocycles. The smallest absolute Gasteiger partial charge is 0.235 e. The fourth-order valence-corrected chi connectivity index (χ4v) is 3.77. The maximum absolute atomic E-state index is 12.6. The van der Waals surface area contributed by atoms with Crippen molar-refractivity contribution in [2.45, 2.75) is 18.9 Å². The van der Waals surface area contributed by atoms with Crippen LogP contribution in [-0.2, 0) is 9.59 Å². The van der Waals surface area contributed by atoms with Crippen LogP contribution in [0.5, 0.6) is 0 Å². The summed E-state index contributed by atoms with van der Waals surface area (Å²) in [6.45, 7) is 1.63. The standard InChI is InChI=1S/C17H22N6O2S/c18-15(25)12-6-8-23(9-7-12)10-13(24)20-14(11-4-2-1-3-5-11)16-21-22-17(19)26-16/h1-5,12,14H,6-10H2,(H2,18,25)(H2,19,22)(H,20,24). The number of carbonyl (C=O) groups is 2. The van der Waals surface area contributed by atoms with Crippen molar-refractivity contribution in [2.24, 2.45) is 11.7 Å². The van der Waals surface area contributed by atoms with Crippen molar-refractivity contribution in [3.63, 3.8) is 0 Å². The SMILES string of the molecule is NC(=O)C1CCN(CC(=O)NC(c2ccccc2)c2nnc(N)s2)CC1. The minimum absolute atomic E-state index is 0.0873. The van der Waals surface area contributed by atoms with Gasteiger partial charge in [0, 0.05) is 5.92 Å². The van der Waals surface area contributed by atoms with Crippen molar-refractivity contribution in [1.29, 1.82) is 0 Å². The van der Waals surface area contributed by atoms with Gasteiger partial charge in [0.2, 0.25) is 16.9 Å². The average Bonchev–Trinajstić information content (AvgIpc) is 3.07. The highest BCUT2D eigenvalue weighted by Gasteiger charge is 2.26. The molecule has 0 spiro atoms. The largest absolute Gasteiger partial charge is 0.374 e. The fraction of sp³-hybridized carbons (Fsp3) is 0.412. The molecule has 2 aromatic rings. The number of likely N-dealkylation sites (tertiary alicyclic amines) is 1. The van der Waals surface area contributed by atoms with Gasteiger partial charge in [0.25, 0.3) is 0 Å². The van der Waals surface area contributed by atoms with E-state index in [-0.39, 0.29) is 30.3 Å². The molecule has 1 aromatic heterocycles. The molecule has 1 aliphatic rings. The number of rotatable bonds is 6. The zero-order chi connectivity index (χ0) is 18.5. The topological polar surface area (TPSA) is 127 Å². The predicted octanol–water partition coefficient (Wildman–Crippen LogP) is 0.523. The second-order valence-corrected chi connectivity index (χ2v) is 7.38. The molecule has 9 heteroatoms. The second-order valence-electron chi connectivity index (χ2n) is 6.34. The van der Waals surface area contributed by atoms with Gasteiger partial charge in [-0.2, -0.15) is 0 Å². The van der Waals surface area contributed by atoms with Crippen molar-refractivity contribution in [3.8, 4) is 0 Å². The third kappa shape index (κ3) is 4.55. The molecule has 1 aliphatic heterocycles. The Kier molecular flexibility index (Phi) is 5.79. The minimum atomic E-state index is -0.387. The lowest BCUT2D eigenvalue weighted by Gasteiger charge is -2.30. The summed E-state index contributed by atoms with van der Waals surface area (Å²) in [6, 6.07) is 9.21. The Morgan fingerprint density at radius 3 is 2.50 bits per heavy atom. The van der Waals surface area contributed by atoms with Crippen molar-refractivity contribution >= 4 is 28.3 Å². The van der Waals surface area contributed by atoms with E-state index in [1.807, 2.05) is 35.2 Å². The first kappa shape index (κ1) is 18.3. The minimum Gasteiger partial charge on any atom is -0.374 e. The summed E-state index contributed by atoms with van der Waals surface area (Å²) in [5.74, 6) is -0.451. The second kappa shape index (κ2) is 8.24. The lowest BCUT2D eigenvalue weighted by Crippen LogP contribution is -2.44. The average molecular weight is 374 g/mol. The number of hydrogen-bond acceptors (Lipinski definition) is 7. The number of nitrogen functional groups attached to an aromatic ring is 1. The van der Waals surface area contributed by atoms with E-state index >= 15 is 0 Å². The molecule has 0 bridgehead atoms. The molecule has 2 heterocycles. The van der Waals surface area contributed by atoms with Crippen molar-refractivity contribution in [3.05, 3.63) is 40.9 Å². The van der Waals surface area contributed by atoms with E-state index in [1.54, 1.807) is 0 Å². The van der Waals surface area contributed by atoms with Crippen LogP contribution < -0.4 is 16.8 Å². The summed E-state index contributed by atoms with van der Waals surface area (Å²) in [7, 11) is 0. The number of benzene rings is 1. The maximum atomic E-state index is 12.6. The predicted molar refractivity (Wildman–Crippen MR) is 99.1 cm³/mol. The van der Waals surface area contributed by atoms with Crippen LogP contribution in [0.3, 0.4) is 0 Å². The van der Waals surface area contributed by atoms with Gasteiger partial charge in [-0.1, -0.05) is 41.7 Å². The quantitative estimate of drug-likeness (QED) is 0.676. The molecule has 1 fully saturated rings. The molecule has 0 saturated carbocycles. The van der Waals surface area contributed by atoms with Gasteiger partial charge >= 0.3 is 0 Å². The first-order chi connectivity index (χ1) is 12.5. The van der Waals surface area contributed by atoms with E-state index < -0.39 is 0 Å². The Labute approximate surface area is 155 Å². The van der Waals surface area contributed by atoms with Crippen LogP contribution >= 0.6 is 11.3 Å². The highest BCUT2D eigenvalue weighted by molar-refractivity contribution is 7.15. The number of hydrogen-bond donors (Lipinski definition) is 3. The van der Waals surface area contributed by atoms with E-state index in [1.165, 1.54) is 11.3 Å². The number of nitrogens with two attached hydrogens (primary N) is 2. The molecule has 26 heavy (non-hydrogen) atoms. The molecular formula is C17H22N6O2S. The number of piperidine rings is 1. The lowest BCUT2D eigenvalue weighted by atomic mass is 9.96. The van der Waals surface area contributed by atoms with Crippen LogP contribution in [0, 0.1) is 5.92 Å². The molecule has 2 amide bonds. The maximum Gasteiger partial charge on any atom is 0.235 e. The zero-order valence-corrected chi connectivity index (χ0v) is 15.1. The Hall–Kier alpha value is -2.52. The van der Waals surface area contributed by atoms with Crippen molar-refractivity contribution in [1.82, 2.24) is 20.4 Å². The number of aromatic nitrogens is 2. The third-order valence-corrected chi connectivity index (χ3v) is 5.32. The van der Waals surface area contributed by atoms with Gasteiger partial charge in [-0.15, -0.1) is 10.2 Å². The molecule has 0 radical (unpaired) electrons. The zero-order valence-electron chi connectivity index (χ0n) is 14.3. The Morgan fingerprint density at radius 2 is 1.92 bits per heavy atom. The molecule has 1 atom stereocenters. The van der Waals surface area contributed by atoms with E-state index in [4.69, 9.17) is 11.5 Å². The van der Waals surface area contributed by atoms with Gasteiger partial charge in [0.05, 0.1) is 6.54 Å². The number of nitrogens with one attached hydrogen (secondary N) is 1. The van der Waals surface area contributed by atoms with Gasteiger partial charge in [0.1, 0.15) is 11.0 Å². The molecule has 3 rings (SSSR count). The molecule has 1 aromatic carbocycles. The number of nitrogens with zero attached hydrogens (tertiary/aromatic N) is 3. The normalized spacial score (nSPS) is 16.9. The van der Waals surface area contributed by atoms with Crippen LogP contribution in [-0.4, -0.2) is 46.5 Å². The highest BCUT2D eigenvalue weighted by atomic mass is 32.1. The summed E-state index contributed by atoms with van der Waals surface area (Å²) >= 11 is 1.26. The number of anilines is 1. The monoisotopic (exact) mass is 374 g/mol. The van der Waals surface area contributed by atoms with Crippen LogP contribution in [0.4, 0.5) is 5.13 Å². The van der Waals surface area contributed by atoms with Gasteiger partial charge in [-0.25, -0.2) is 0 Å². The summed E-state index contributed by atoms with van der Waals surface area (Å²) in [5.41, 5.74) is 12.0. The Bertz CT molecular complexity index is 758. The first-order valence-electron chi connectivity index (χ1n) is 8.48. The summed E-state index contributed by atoms with van der Waals surface area (Å²) in [5, 5.41) is 12.0. The van der Waals surface area contributed by atoms with Crippen LogP contribution in [0.2, 0.25) is 0 Å². The van der Waals surface area contributed by atoms with Gasteiger partial charge in [-0.05, 0) is 31.5 Å². The van der Waals surface area contributed by atoms with Crippen LogP contribution in [0.1, 0.15) is 29.5 Å². The van der Waals surface area contributed by atoms with E-state index in [0.717, 1.165) is 5.56 Å². The Morgan fingerprint density at radius 1 is 1.23 bits per heavy atom. The van der Waals surface area contributed by atoms with Crippen molar-refractivity contribution < 1.29 is 9.59 Å². The Balaban J connectivity index is 1.64. The molecular weight excluding hydrogens is 352 g/mol. The molecule has 1 saturated heterocycles. The van der Waals surface area contributed by atoms with Crippen LogP contribution in [0.25, 0.3) is 0 Å². The highest BCUT2D eigenvalue weighted by Crippen LogP contribution is 2.26. The van der Waals surface area contributed by atoms with Gasteiger partial charge < -0.3 is 16.8 Å². The molecule has 8 nitrogen and oxygen atoms in total. The van der Waals surface area contributed by atoms with Crippen molar-refractivity contribution in [2.75, 3.05) is 25.4 Å². The summed E-state index contributed by atoms with van der Waals surface area (Å²) in [6.07, 6.45) is 1.38. The molecule has 138 valence electrons. The summed E-state index contributed by atoms with van der Waals surface area (Å²) < 4.78 is 0. The molecule has 1 unspecified atom stereocenters. The van der Waals surface area contributed by atoms with E-state index in [0.29, 0.717) is 36.1 Å². The fourth-order valence-electron chi connectivity index (χ4n) is 3.08. The van der Waals surface area contributed by atoms with Gasteiger partial charge in [0.15, 0.2) is 0 Å². The number of amides is 2. The summed E-state index contributed by atoms with van der Waals surface area (Å²) in [4.78, 5) is 25.9. The first-order valence-corrected chi connectivity index (χ1v) is 9.29. The number of carbonyl (C=O) groups excluding carboxylic acids is 2. The van der Waals surface area contributed by atoms with Gasteiger partial charge in [-0.3, -0.25) is 14.5 Å². The third-order valence-electron chi connectivity index (χ3n) is 4.50. The lowest BCUT2D eigenvalue weighted by molar-refractivity contribution is -0.124. The van der Waals surface area contributed by atoms with E-state index in [9.17, 15) is 9.59 Å². The van der Waals surface area contributed by atoms with E-state index in [2.05, 4.69) is 15.5 Å². The molecule has 5 N–H and O–H groups in total. The van der Waals surface area contributed by atoms with Crippen LogP contribution in [0.15, 0.2) is 30.3 Å².